The Morgan fingerprint density at radius 2 is 1.58 bits per heavy atom. The van der Waals surface area contributed by atoms with Crippen molar-refractivity contribution in [3.05, 3.63) is 34.9 Å². The van der Waals surface area contributed by atoms with Crippen LogP contribution >= 0.6 is 0 Å². The molecule has 1 aromatic rings. The van der Waals surface area contributed by atoms with E-state index in [9.17, 15) is 39.6 Å². The maximum absolute atomic E-state index is 12.9. The van der Waals surface area contributed by atoms with Crippen LogP contribution in [0.2, 0.25) is 0 Å². The predicted octanol–water partition coefficient (Wildman–Crippen LogP) is 3.37. The molecule has 0 saturated carbocycles. The zero-order chi connectivity index (χ0) is 19.9. The maximum Gasteiger partial charge on any atom is 0.416 e. The van der Waals surface area contributed by atoms with Crippen LogP contribution in [0.1, 0.15) is 34.8 Å². The van der Waals surface area contributed by atoms with E-state index in [-0.39, 0.29) is 30.5 Å². The second-order valence-electron chi connectivity index (χ2n) is 5.94. The highest BCUT2D eigenvalue weighted by Gasteiger charge is 2.39. The summed E-state index contributed by atoms with van der Waals surface area (Å²) in [7, 11) is -3.38. The minimum atomic E-state index is -5.07. The summed E-state index contributed by atoms with van der Waals surface area (Å²) in [5.74, 6) is -1.61. The standard InChI is InChI=1S/C15H15F6NO3S/c1-2-22(12-3-4-26(24,25)8-12)13(23)9-5-10(14(16,17)18)7-11(6-9)15(19,20)21/h5-7,12H,2-4,8H2,1H3. The van der Waals surface area contributed by atoms with E-state index in [1.807, 2.05) is 0 Å². The van der Waals surface area contributed by atoms with Gasteiger partial charge in [0.05, 0.1) is 22.6 Å². The monoisotopic (exact) mass is 403 g/mol. The van der Waals surface area contributed by atoms with E-state index in [1.165, 1.54) is 6.92 Å². The number of halogens is 6. The molecule has 1 amide bonds. The zero-order valence-corrected chi connectivity index (χ0v) is 14.3. The molecule has 1 aromatic carbocycles. The summed E-state index contributed by atoms with van der Waals surface area (Å²) in [5.41, 5.74) is -3.96. The minimum absolute atomic E-state index is 0.0450. The quantitative estimate of drug-likeness (QED) is 0.728. The molecule has 1 aliphatic rings. The van der Waals surface area contributed by atoms with Gasteiger partial charge in [-0.15, -0.1) is 0 Å². The third-order valence-electron chi connectivity index (χ3n) is 4.09. The number of amides is 1. The Morgan fingerprint density at radius 1 is 1.08 bits per heavy atom. The van der Waals surface area contributed by atoms with Crippen molar-refractivity contribution in [3.63, 3.8) is 0 Å². The molecule has 11 heteroatoms. The van der Waals surface area contributed by atoms with Crippen LogP contribution in [-0.2, 0) is 22.2 Å². The van der Waals surface area contributed by atoms with Gasteiger partial charge < -0.3 is 4.90 Å². The van der Waals surface area contributed by atoms with E-state index in [2.05, 4.69) is 0 Å². The lowest BCUT2D eigenvalue weighted by Crippen LogP contribution is -2.41. The Labute approximate surface area is 145 Å². The Bertz CT molecular complexity index is 768. The smallest absolute Gasteiger partial charge is 0.335 e. The van der Waals surface area contributed by atoms with Gasteiger partial charge in [-0.05, 0) is 31.5 Å². The first kappa shape index (κ1) is 20.5. The van der Waals surface area contributed by atoms with Crippen molar-refractivity contribution >= 4 is 15.7 Å². The van der Waals surface area contributed by atoms with Crippen LogP contribution in [-0.4, -0.2) is 43.3 Å². The molecular weight excluding hydrogens is 388 g/mol. The summed E-state index contributed by atoms with van der Waals surface area (Å²) in [6, 6.07) is -0.137. The molecule has 0 bridgehead atoms. The first-order chi connectivity index (χ1) is 11.7. The molecule has 1 heterocycles. The van der Waals surface area contributed by atoms with Gasteiger partial charge in [-0.1, -0.05) is 0 Å². The third kappa shape index (κ3) is 4.49. The lowest BCUT2D eigenvalue weighted by molar-refractivity contribution is -0.143. The lowest BCUT2D eigenvalue weighted by Gasteiger charge is -2.27. The van der Waals surface area contributed by atoms with Crippen LogP contribution in [0.5, 0.6) is 0 Å². The van der Waals surface area contributed by atoms with Crippen LogP contribution in [0, 0.1) is 0 Å². The molecule has 146 valence electrons. The number of carbonyl (C=O) groups is 1. The van der Waals surface area contributed by atoms with Gasteiger partial charge in [0.2, 0.25) is 0 Å². The fraction of sp³-hybridized carbons (Fsp3) is 0.533. The molecule has 1 atom stereocenters. The highest BCUT2D eigenvalue weighted by atomic mass is 32.2. The van der Waals surface area contributed by atoms with Gasteiger partial charge in [0.1, 0.15) is 0 Å². The molecular formula is C15H15F6NO3S. The number of nitrogens with zero attached hydrogens (tertiary/aromatic N) is 1. The molecule has 0 spiro atoms. The molecule has 1 saturated heterocycles. The number of rotatable bonds is 3. The summed E-state index contributed by atoms with van der Waals surface area (Å²) in [6.45, 7) is 1.43. The fourth-order valence-corrected chi connectivity index (χ4v) is 4.56. The molecule has 0 aromatic heterocycles. The van der Waals surface area contributed by atoms with E-state index >= 15 is 0 Å². The molecule has 1 unspecified atom stereocenters. The van der Waals surface area contributed by atoms with Crippen molar-refractivity contribution in [2.75, 3.05) is 18.1 Å². The molecule has 0 aliphatic carbocycles. The molecule has 26 heavy (non-hydrogen) atoms. The minimum Gasteiger partial charge on any atom is -0.335 e. The molecule has 1 aliphatic heterocycles. The SMILES string of the molecule is CCN(C(=O)c1cc(C(F)(F)F)cc(C(F)(F)F)c1)C1CCS(=O)(=O)C1. The van der Waals surface area contributed by atoms with Crippen molar-refractivity contribution in [2.45, 2.75) is 31.7 Å². The van der Waals surface area contributed by atoms with E-state index in [1.54, 1.807) is 0 Å². The second kappa shape index (κ2) is 6.75. The highest BCUT2D eigenvalue weighted by molar-refractivity contribution is 7.91. The zero-order valence-electron chi connectivity index (χ0n) is 13.5. The largest absolute Gasteiger partial charge is 0.416 e. The number of benzene rings is 1. The summed E-state index contributed by atoms with van der Waals surface area (Å²) in [6.07, 6.45) is -10.0. The van der Waals surface area contributed by atoms with E-state index < -0.39 is 50.8 Å². The van der Waals surface area contributed by atoms with Crippen molar-refractivity contribution in [3.8, 4) is 0 Å². The molecule has 2 rings (SSSR count). The fourth-order valence-electron chi connectivity index (χ4n) is 2.83. The Morgan fingerprint density at radius 3 is 1.92 bits per heavy atom. The van der Waals surface area contributed by atoms with Crippen molar-refractivity contribution < 1.29 is 39.6 Å². The number of hydrogen-bond acceptors (Lipinski definition) is 3. The van der Waals surface area contributed by atoms with Gasteiger partial charge >= 0.3 is 12.4 Å². The van der Waals surface area contributed by atoms with Crippen LogP contribution in [0.4, 0.5) is 26.3 Å². The summed E-state index contributed by atoms with van der Waals surface area (Å²) in [4.78, 5) is 13.5. The van der Waals surface area contributed by atoms with Gasteiger partial charge in [-0.3, -0.25) is 4.79 Å². The Kier molecular flexibility index (Phi) is 5.33. The number of hydrogen-bond donors (Lipinski definition) is 0. The van der Waals surface area contributed by atoms with Crippen LogP contribution in [0.15, 0.2) is 18.2 Å². The lowest BCUT2D eigenvalue weighted by atomic mass is 10.0. The third-order valence-corrected chi connectivity index (χ3v) is 5.84. The average Bonchev–Trinajstić information content (AvgIpc) is 2.85. The van der Waals surface area contributed by atoms with Gasteiger partial charge in [-0.25, -0.2) is 8.42 Å². The topological polar surface area (TPSA) is 54.5 Å². The van der Waals surface area contributed by atoms with Crippen molar-refractivity contribution in [2.24, 2.45) is 0 Å². The summed E-state index contributed by atoms with van der Waals surface area (Å²) in [5, 5.41) is 0. The Hall–Kier alpha value is -1.78. The average molecular weight is 403 g/mol. The molecule has 0 radical (unpaired) electrons. The number of alkyl halides is 6. The highest BCUT2D eigenvalue weighted by Crippen LogP contribution is 2.36. The van der Waals surface area contributed by atoms with Gasteiger partial charge in [-0.2, -0.15) is 26.3 Å². The summed E-state index contributed by atoms with van der Waals surface area (Å²) < 4.78 is 101. The van der Waals surface area contributed by atoms with E-state index in [0.717, 1.165) is 4.90 Å². The Balaban J connectivity index is 2.46. The number of carbonyl (C=O) groups excluding carboxylic acids is 1. The van der Waals surface area contributed by atoms with Crippen LogP contribution in [0.3, 0.4) is 0 Å². The van der Waals surface area contributed by atoms with Crippen molar-refractivity contribution in [1.29, 1.82) is 0 Å². The van der Waals surface area contributed by atoms with Crippen LogP contribution in [0.25, 0.3) is 0 Å². The summed E-state index contributed by atoms with van der Waals surface area (Å²) >= 11 is 0. The van der Waals surface area contributed by atoms with Gasteiger partial charge in [0.15, 0.2) is 9.84 Å². The predicted molar refractivity (Wildman–Crippen MR) is 80.2 cm³/mol. The first-order valence-electron chi connectivity index (χ1n) is 7.55. The van der Waals surface area contributed by atoms with Crippen molar-refractivity contribution in [1.82, 2.24) is 4.90 Å². The number of sulfone groups is 1. The maximum atomic E-state index is 12.9. The van der Waals surface area contributed by atoms with E-state index in [4.69, 9.17) is 0 Å². The normalized spacial score (nSPS) is 20.2. The first-order valence-corrected chi connectivity index (χ1v) is 9.37. The molecule has 0 N–H and O–H groups in total. The van der Waals surface area contributed by atoms with E-state index in [0.29, 0.717) is 12.1 Å². The molecule has 4 nitrogen and oxygen atoms in total. The van der Waals surface area contributed by atoms with Gasteiger partial charge in [0, 0.05) is 18.2 Å². The molecule has 1 fully saturated rings. The van der Waals surface area contributed by atoms with Gasteiger partial charge in [0.25, 0.3) is 5.91 Å². The second-order valence-corrected chi connectivity index (χ2v) is 8.17. The van der Waals surface area contributed by atoms with Crippen LogP contribution < -0.4 is 0 Å².